The van der Waals surface area contributed by atoms with Gasteiger partial charge in [-0.25, -0.2) is 0 Å². The van der Waals surface area contributed by atoms with Crippen LogP contribution in [0.25, 0.3) is 0 Å². The summed E-state index contributed by atoms with van der Waals surface area (Å²) < 4.78 is 0. The molecule has 2 aromatic carbocycles. The van der Waals surface area contributed by atoms with Crippen LogP contribution in [0.15, 0.2) is 66.7 Å². The Bertz CT molecular complexity index is 281. The van der Waals surface area contributed by atoms with E-state index in [2.05, 4.69) is 0 Å². The van der Waals surface area contributed by atoms with Gasteiger partial charge in [-0.05, 0) is 12.1 Å². The number of nitrogens with two attached hydrogens (primary N) is 1. The van der Waals surface area contributed by atoms with Crippen molar-refractivity contribution in [3.05, 3.63) is 66.7 Å². The molecule has 0 atom stereocenters. The molecule has 0 aliphatic carbocycles. The van der Waals surface area contributed by atoms with Crippen molar-refractivity contribution in [3.8, 4) is 0 Å². The first-order chi connectivity index (χ1) is 6.39. The predicted octanol–water partition coefficient (Wildman–Crippen LogP) is 3.53. The lowest BCUT2D eigenvalue weighted by molar-refractivity contribution is 1.69. The summed E-state index contributed by atoms with van der Waals surface area (Å²) in [6, 6.07) is 21.5. The third kappa shape index (κ3) is 6.26. The summed E-state index contributed by atoms with van der Waals surface area (Å²) in [4.78, 5) is 0. The molecule has 0 fully saturated rings. The van der Waals surface area contributed by atoms with Gasteiger partial charge in [0, 0.05) is 5.69 Å². The number of benzene rings is 2. The topological polar surface area (TPSA) is 26.0 Å². The molecule has 1 nitrogen and oxygen atoms in total. The van der Waals surface area contributed by atoms with Crippen molar-refractivity contribution in [2.24, 2.45) is 0 Å². The maximum Gasteiger partial charge on any atom is 0.0313 e. The molecule has 0 heterocycles. The summed E-state index contributed by atoms with van der Waals surface area (Å²) in [5.41, 5.74) is 6.18. The van der Waals surface area contributed by atoms with Crippen LogP contribution in [0, 0.1) is 0 Å². The SMILES string of the molecule is Br.Nc1ccccc1.c1ccccc1. The summed E-state index contributed by atoms with van der Waals surface area (Å²) in [7, 11) is 0. The second-order valence-corrected chi connectivity index (χ2v) is 2.57. The summed E-state index contributed by atoms with van der Waals surface area (Å²) in [5.74, 6) is 0. The van der Waals surface area contributed by atoms with Crippen molar-refractivity contribution in [2.45, 2.75) is 0 Å². The third-order valence-corrected chi connectivity index (χ3v) is 1.47. The van der Waals surface area contributed by atoms with E-state index < -0.39 is 0 Å². The Morgan fingerprint density at radius 2 is 0.857 bits per heavy atom. The molecule has 0 radical (unpaired) electrons. The van der Waals surface area contributed by atoms with Gasteiger partial charge in [0.15, 0.2) is 0 Å². The number of nitrogen functional groups attached to an aromatic ring is 1. The number of anilines is 1. The molecule has 0 spiro atoms. The van der Waals surface area contributed by atoms with E-state index in [-0.39, 0.29) is 17.0 Å². The Hall–Kier alpha value is -1.28. The molecule has 2 N–H and O–H groups in total. The lowest BCUT2D eigenvalue weighted by Crippen LogP contribution is -1.79. The maximum absolute atomic E-state index is 5.36. The molecule has 2 rings (SSSR count). The van der Waals surface area contributed by atoms with Gasteiger partial charge in [0.1, 0.15) is 0 Å². The van der Waals surface area contributed by atoms with E-state index in [1.54, 1.807) is 0 Å². The number of halogens is 1. The Labute approximate surface area is 95.3 Å². The van der Waals surface area contributed by atoms with Gasteiger partial charge < -0.3 is 5.73 Å². The van der Waals surface area contributed by atoms with Crippen LogP contribution in [0.4, 0.5) is 5.69 Å². The average molecular weight is 252 g/mol. The molecule has 2 aromatic rings. The molecule has 0 saturated carbocycles. The fourth-order valence-electron chi connectivity index (χ4n) is 0.838. The second-order valence-electron chi connectivity index (χ2n) is 2.57. The molecule has 2 heteroatoms. The highest BCUT2D eigenvalue weighted by Gasteiger charge is 1.72. The molecule has 0 bridgehead atoms. The molecule has 0 unspecified atom stereocenters. The quantitative estimate of drug-likeness (QED) is 0.713. The zero-order valence-electron chi connectivity index (χ0n) is 7.84. The van der Waals surface area contributed by atoms with E-state index in [1.165, 1.54) is 0 Å². The largest absolute Gasteiger partial charge is 0.399 e. The predicted molar refractivity (Wildman–Crippen MR) is 67.6 cm³/mol. The number of rotatable bonds is 0. The minimum Gasteiger partial charge on any atom is -0.399 e. The fourth-order valence-corrected chi connectivity index (χ4v) is 0.838. The van der Waals surface area contributed by atoms with Gasteiger partial charge in [0.05, 0.1) is 0 Å². The smallest absolute Gasteiger partial charge is 0.0313 e. The monoisotopic (exact) mass is 251 g/mol. The normalized spacial score (nSPS) is 7.71. The van der Waals surface area contributed by atoms with Crippen LogP contribution >= 0.6 is 17.0 Å². The van der Waals surface area contributed by atoms with E-state index in [1.807, 2.05) is 66.7 Å². The van der Waals surface area contributed by atoms with Gasteiger partial charge in [-0.2, -0.15) is 0 Å². The first-order valence-electron chi connectivity index (χ1n) is 4.20. The van der Waals surface area contributed by atoms with Crippen molar-refractivity contribution >= 4 is 22.7 Å². The van der Waals surface area contributed by atoms with E-state index in [0.29, 0.717) is 0 Å². The lowest BCUT2D eigenvalue weighted by atomic mass is 10.3. The van der Waals surface area contributed by atoms with E-state index in [0.717, 1.165) is 5.69 Å². The molecule has 0 aromatic heterocycles. The molecule has 74 valence electrons. The van der Waals surface area contributed by atoms with Crippen LogP contribution in [0.5, 0.6) is 0 Å². The van der Waals surface area contributed by atoms with Crippen LogP contribution in [0.3, 0.4) is 0 Å². The van der Waals surface area contributed by atoms with Crippen molar-refractivity contribution in [3.63, 3.8) is 0 Å². The minimum atomic E-state index is 0. The highest BCUT2D eigenvalue weighted by atomic mass is 79.9. The number of para-hydroxylation sites is 1. The number of hydrogen-bond acceptors (Lipinski definition) is 1. The van der Waals surface area contributed by atoms with Crippen molar-refractivity contribution in [2.75, 3.05) is 5.73 Å². The molecule has 0 aliphatic heterocycles. The Balaban J connectivity index is 0.000000227. The Morgan fingerprint density at radius 1 is 0.571 bits per heavy atom. The first kappa shape index (κ1) is 12.7. The van der Waals surface area contributed by atoms with E-state index in [9.17, 15) is 0 Å². The number of hydrogen-bond donors (Lipinski definition) is 1. The summed E-state index contributed by atoms with van der Waals surface area (Å²) in [5, 5.41) is 0. The Kier molecular flexibility index (Phi) is 7.56. The zero-order valence-corrected chi connectivity index (χ0v) is 9.55. The molecule has 0 saturated heterocycles. The van der Waals surface area contributed by atoms with E-state index in [4.69, 9.17) is 5.73 Å². The van der Waals surface area contributed by atoms with Gasteiger partial charge in [0.25, 0.3) is 0 Å². The maximum atomic E-state index is 5.36. The molecular formula is C12H14BrN. The second kappa shape index (κ2) is 8.32. The van der Waals surface area contributed by atoms with Gasteiger partial charge >= 0.3 is 0 Å². The van der Waals surface area contributed by atoms with Crippen LogP contribution in [0.2, 0.25) is 0 Å². The van der Waals surface area contributed by atoms with Gasteiger partial charge in [0.2, 0.25) is 0 Å². The standard InChI is InChI=1S/C6H7N.C6H6.BrH/c7-6-4-2-1-3-5-6;1-2-4-6-5-3-1;/h1-5H,7H2;1-6H;1H. The fraction of sp³-hybridized carbons (Fsp3) is 0. The third-order valence-electron chi connectivity index (χ3n) is 1.47. The van der Waals surface area contributed by atoms with Gasteiger partial charge in [-0.1, -0.05) is 54.6 Å². The summed E-state index contributed by atoms with van der Waals surface area (Å²) in [6.07, 6.45) is 0. The van der Waals surface area contributed by atoms with Crippen LogP contribution in [-0.4, -0.2) is 0 Å². The van der Waals surface area contributed by atoms with Gasteiger partial charge in [-0.15, -0.1) is 17.0 Å². The zero-order chi connectivity index (χ0) is 9.36. The van der Waals surface area contributed by atoms with Crippen molar-refractivity contribution in [1.29, 1.82) is 0 Å². The van der Waals surface area contributed by atoms with Gasteiger partial charge in [-0.3, -0.25) is 0 Å². The molecule has 14 heavy (non-hydrogen) atoms. The van der Waals surface area contributed by atoms with Crippen molar-refractivity contribution < 1.29 is 0 Å². The van der Waals surface area contributed by atoms with Crippen LogP contribution in [-0.2, 0) is 0 Å². The average Bonchev–Trinajstić information content (AvgIpc) is 2.22. The van der Waals surface area contributed by atoms with Crippen LogP contribution < -0.4 is 5.73 Å². The molecule has 0 amide bonds. The minimum absolute atomic E-state index is 0. The molecule has 0 aliphatic rings. The Morgan fingerprint density at radius 3 is 1.07 bits per heavy atom. The molecular weight excluding hydrogens is 238 g/mol. The van der Waals surface area contributed by atoms with Crippen LogP contribution in [0.1, 0.15) is 0 Å². The highest BCUT2D eigenvalue weighted by molar-refractivity contribution is 8.93. The summed E-state index contributed by atoms with van der Waals surface area (Å²) >= 11 is 0. The highest BCUT2D eigenvalue weighted by Crippen LogP contribution is 1.95. The van der Waals surface area contributed by atoms with Crippen molar-refractivity contribution in [1.82, 2.24) is 0 Å². The summed E-state index contributed by atoms with van der Waals surface area (Å²) in [6.45, 7) is 0. The lowest BCUT2D eigenvalue weighted by Gasteiger charge is -1.83. The van der Waals surface area contributed by atoms with E-state index >= 15 is 0 Å². The first-order valence-corrected chi connectivity index (χ1v) is 4.20.